The largest absolute Gasteiger partial charge is 0.471 e. The first-order valence-corrected chi connectivity index (χ1v) is 5.31. The third-order valence-corrected chi connectivity index (χ3v) is 3.96. The fraction of sp³-hybridized carbons (Fsp3) is 1.00. The lowest BCUT2D eigenvalue weighted by molar-refractivity contribution is 0.416. The fourth-order valence-electron chi connectivity index (χ4n) is 0.411. The van der Waals surface area contributed by atoms with Gasteiger partial charge in [0.05, 0.1) is 0 Å². The molecule has 0 aromatic heterocycles. The van der Waals surface area contributed by atoms with Crippen LogP contribution in [0.25, 0.3) is 0 Å². The van der Waals surface area contributed by atoms with Crippen LogP contribution < -0.4 is 0 Å². The van der Waals surface area contributed by atoms with Crippen molar-refractivity contribution in [3.63, 3.8) is 0 Å². The average Bonchev–Trinajstić information content (AvgIpc) is 1.56. The van der Waals surface area contributed by atoms with Crippen molar-refractivity contribution in [2.75, 3.05) is 5.08 Å². The van der Waals surface area contributed by atoms with E-state index in [0.29, 0.717) is 0 Å². The Morgan fingerprint density at radius 1 is 1.00 bits per heavy atom. The fourth-order valence-corrected chi connectivity index (χ4v) is 2.82. The molecule has 0 spiro atoms. The van der Waals surface area contributed by atoms with Crippen LogP contribution in [0.4, 0.5) is 0 Å². The monoisotopic (exact) mass is 186 g/mol. The Morgan fingerprint density at radius 2 is 1.40 bits per heavy atom. The van der Waals surface area contributed by atoms with E-state index in [9.17, 15) is 16.8 Å². The molecule has 1 aliphatic rings. The first-order valence-electron chi connectivity index (χ1n) is 2.15. The topological polar surface area (TPSA) is 86.7 Å². The summed E-state index contributed by atoms with van der Waals surface area (Å²) < 4.78 is 49.5. The Hall–Kier alpha value is -0.115. The third kappa shape index (κ3) is 1.94. The summed E-state index contributed by atoms with van der Waals surface area (Å²) in [6, 6.07) is 0. The highest BCUT2D eigenvalue weighted by atomic mass is 32.3. The molecular weight excluding hydrogens is 183 g/mol. The average molecular weight is 186 g/mol. The predicted octanol–water partition coefficient (Wildman–Crippen LogP) is -2.08. The second-order valence-electron chi connectivity index (χ2n) is 1.59. The Kier molecular flexibility index (Phi) is 1.75. The zero-order chi connectivity index (χ0) is 7.83. The van der Waals surface area contributed by atoms with E-state index in [1.165, 1.54) is 0 Å². The molecule has 1 saturated heterocycles. The van der Waals surface area contributed by atoms with E-state index in [-0.39, 0.29) is 0 Å². The lowest BCUT2D eigenvalue weighted by Gasteiger charge is -2.10. The molecule has 0 aromatic rings. The molecule has 1 rings (SSSR count). The zero-order valence-corrected chi connectivity index (χ0v) is 6.31. The van der Waals surface area contributed by atoms with E-state index in [1.54, 1.807) is 0 Å². The van der Waals surface area contributed by atoms with Crippen molar-refractivity contribution >= 4 is 27.9 Å². The minimum atomic E-state index is -3.90. The highest BCUT2D eigenvalue weighted by Gasteiger charge is 2.30. The summed E-state index contributed by atoms with van der Waals surface area (Å²) in [6.45, 7) is 0. The molecule has 1 heterocycles. The number of hydrogen-bond donors (Lipinski definition) is 0. The van der Waals surface area contributed by atoms with Crippen molar-refractivity contribution in [2.24, 2.45) is 0 Å². The van der Waals surface area contributed by atoms with E-state index in [4.69, 9.17) is 0 Å². The van der Waals surface area contributed by atoms with Gasteiger partial charge in [-0.1, -0.05) is 0 Å². The van der Waals surface area contributed by atoms with Crippen molar-refractivity contribution in [2.45, 2.75) is 0 Å². The molecule has 10 heavy (non-hydrogen) atoms. The Balaban J connectivity index is 2.97. The molecule has 6 nitrogen and oxygen atoms in total. The second-order valence-corrected chi connectivity index (χ2v) is 5.23. The van der Waals surface area contributed by atoms with Gasteiger partial charge in [0.25, 0.3) is 20.2 Å². The second kappa shape index (κ2) is 2.19. The van der Waals surface area contributed by atoms with Crippen LogP contribution in [0.15, 0.2) is 0 Å². The maximum atomic E-state index is 10.4. The van der Waals surface area contributed by atoms with Gasteiger partial charge in [0.1, 0.15) is 0 Å². The molecule has 0 N–H and O–H groups in total. The van der Waals surface area contributed by atoms with E-state index < -0.39 is 33.0 Å². The van der Waals surface area contributed by atoms with Gasteiger partial charge in [0.2, 0.25) is 0 Å². The van der Waals surface area contributed by atoms with Gasteiger partial charge in [-0.3, -0.25) is 0 Å². The van der Waals surface area contributed by atoms with Crippen molar-refractivity contribution in [1.29, 1.82) is 0 Å². The highest BCUT2D eigenvalue weighted by Crippen LogP contribution is 2.07. The number of hydrogen-bond acceptors (Lipinski definition) is 6. The zero-order valence-electron chi connectivity index (χ0n) is 4.68. The van der Waals surface area contributed by atoms with Crippen LogP contribution in [0.5, 0.6) is 0 Å². The number of rotatable bonds is 0. The SMILES string of the molecule is O=S1(=O)CS(=O)(=O)OBO1. The maximum Gasteiger partial charge on any atom is 0.471 e. The van der Waals surface area contributed by atoms with Crippen LogP contribution in [0.1, 0.15) is 0 Å². The van der Waals surface area contributed by atoms with Crippen LogP contribution in [-0.2, 0) is 28.4 Å². The van der Waals surface area contributed by atoms with Crippen LogP contribution in [-0.4, -0.2) is 29.6 Å². The standard InChI is InChI=1S/CH3BO6S2/c3-9(4)1-10(5,6)8-2-7-9/h2H,1H2. The normalized spacial score (nSPS) is 28.8. The van der Waals surface area contributed by atoms with Gasteiger partial charge in [-0.05, 0) is 0 Å². The quantitative estimate of drug-likeness (QED) is 0.403. The lowest BCUT2D eigenvalue weighted by Crippen LogP contribution is -2.30. The molecule has 0 saturated carbocycles. The lowest BCUT2D eigenvalue weighted by atomic mass is 10.4. The molecule has 0 amide bonds. The smallest absolute Gasteiger partial charge is 0.301 e. The predicted molar refractivity (Wildman–Crippen MR) is 32.0 cm³/mol. The molecule has 0 bridgehead atoms. The van der Waals surface area contributed by atoms with E-state index in [0.717, 1.165) is 0 Å². The molecule has 9 heteroatoms. The summed E-state index contributed by atoms with van der Waals surface area (Å²) in [5.74, 6) is 0. The Morgan fingerprint density at radius 3 is 1.60 bits per heavy atom. The molecule has 0 aromatic carbocycles. The first kappa shape index (κ1) is 7.99. The van der Waals surface area contributed by atoms with Crippen LogP contribution in [0.3, 0.4) is 0 Å². The summed E-state index contributed by atoms with van der Waals surface area (Å²) in [6.07, 6.45) is 0. The van der Waals surface area contributed by atoms with Crippen LogP contribution in [0.2, 0.25) is 0 Å². The van der Waals surface area contributed by atoms with Crippen LogP contribution >= 0.6 is 0 Å². The molecule has 0 unspecified atom stereocenters. The summed E-state index contributed by atoms with van der Waals surface area (Å²) in [5, 5.41) is -1.10. The van der Waals surface area contributed by atoms with Gasteiger partial charge in [-0.2, -0.15) is 16.8 Å². The van der Waals surface area contributed by atoms with Gasteiger partial charge in [-0.15, -0.1) is 0 Å². The summed E-state index contributed by atoms with van der Waals surface area (Å²) in [7, 11) is -8.55. The summed E-state index contributed by atoms with van der Waals surface area (Å²) >= 11 is 0. The summed E-state index contributed by atoms with van der Waals surface area (Å²) in [4.78, 5) is 0. The third-order valence-electron chi connectivity index (χ3n) is 0.744. The molecular formula is CH3BO6S2. The Bertz CT molecular complexity index is 278. The van der Waals surface area contributed by atoms with E-state index in [2.05, 4.69) is 8.20 Å². The van der Waals surface area contributed by atoms with Crippen LogP contribution in [0, 0.1) is 0 Å². The first-order chi connectivity index (χ1) is 4.41. The summed E-state index contributed by atoms with van der Waals surface area (Å²) in [5.41, 5.74) is 0. The van der Waals surface area contributed by atoms with E-state index >= 15 is 0 Å². The minimum absolute atomic E-state index is 0.745. The van der Waals surface area contributed by atoms with Crippen molar-refractivity contribution in [3.8, 4) is 0 Å². The van der Waals surface area contributed by atoms with Crippen molar-refractivity contribution < 1.29 is 25.0 Å². The van der Waals surface area contributed by atoms with Gasteiger partial charge in [0, 0.05) is 0 Å². The minimum Gasteiger partial charge on any atom is -0.301 e. The highest BCUT2D eigenvalue weighted by molar-refractivity contribution is 8.05. The molecule has 1 aliphatic heterocycles. The van der Waals surface area contributed by atoms with Gasteiger partial charge < -0.3 is 8.20 Å². The molecule has 0 atom stereocenters. The van der Waals surface area contributed by atoms with Gasteiger partial charge in [-0.25, -0.2) is 0 Å². The maximum absolute atomic E-state index is 10.4. The van der Waals surface area contributed by atoms with Crippen molar-refractivity contribution in [3.05, 3.63) is 0 Å². The molecule has 0 radical (unpaired) electrons. The van der Waals surface area contributed by atoms with Gasteiger partial charge in [0.15, 0.2) is 5.08 Å². The Labute approximate surface area is 58.7 Å². The van der Waals surface area contributed by atoms with Crippen molar-refractivity contribution in [1.82, 2.24) is 0 Å². The molecule has 58 valence electrons. The molecule has 0 aliphatic carbocycles. The molecule has 1 fully saturated rings. The van der Waals surface area contributed by atoms with Gasteiger partial charge >= 0.3 is 7.69 Å². The van der Waals surface area contributed by atoms with E-state index in [1.807, 2.05) is 0 Å².